The van der Waals surface area contributed by atoms with Crippen LogP contribution in [0.3, 0.4) is 0 Å². The van der Waals surface area contributed by atoms with Gasteiger partial charge in [-0.15, -0.1) is 10.2 Å². The van der Waals surface area contributed by atoms with E-state index >= 15 is 0 Å². The molecule has 0 atom stereocenters. The van der Waals surface area contributed by atoms with Crippen molar-refractivity contribution in [3.8, 4) is 5.75 Å². The van der Waals surface area contributed by atoms with Crippen LogP contribution in [0.4, 0.5) is 0 Å². The second kappa shape index (κ2) is 8.10. The first-order valence-corrected chi connectivity index (χ1v) is 10.0. The standard InChI is InChI=1S/C19H19ClN4OS/c20-16-3-1-2-4-17(16)25-13-18-22-23-19(24(18)15-5-6-15)26-12-9-14-7-10-21-11-8-14/h1-4,7-8,10-11,15H,5-6,9,12-13H2. The fraction of sp³-hybridized carbons (Fsp3) is 0.316. The van der Waals surface area contributed by atoms with Gasteiger partial charge in [-0.05, 0) is 49.1 Å². The third-order valence-corrected chi connectivity index (χ3v) is 5.47. The minimum Gasteiger partial charge on any atom is -0.484 e. The highest BCUT2D eigenvalue weighted by Crippen LogP contribution is 2.39. The highest BCUT2D eigenvalue weighted by Gasteiger charge is 2.29. The van der Waals surface area contributed by atoms with E-state index in [0.717, 1.165) is 23.2 Å². The summed E-state index contributed by atoms with van der Waals surface area (Å²) in [5.41, 5.74) is 1.28. The second-order valence-corrected chi connectivity index (χ2v) is 7.64. The fourth-order valence-electron chi connectivity index (χ4n) is 2.72. The lowest BCUT2D eigenvalue weighted by atomic mass is 10.2. The summed E-state index contributed by atoms with van der Waals surface area (Å²) in [5, 5.41) is 10.3. The Hall–Kier alpha value is -2.05. The molecular formula is C19H19ClN4OS. The molecule has 5 nitrogen and oxygen atoms in total. The number of halogens is 1. The summed E-state index contributed by atoms with van der Waals surface area (Å²) in [6.45, 7) is 0.373. The average Bonchev–Trinajstić information content (AvgIpc) is 3.43. The molecule has 1 fully saturated rings. The highest BCUT2D eigenvalue weighted by molar-refractivity contribution is 7.99. The number of rotatable bonds is 8. The second-order valence-electron chi connectivity index (χ2n) is 6.17. The van der Waals surface area contributed by atoms with Crippen molar-refractivity contribution in [2.24, 2.45) is 0 Å². The molecule has 134 valence electrons. The zero-order valence-electron chi connectivity index (χ0n) is 14.2. The molecule has 0 unspecified atom stereocenters. The molecule has 0 aliphatic heterocycles. The third kappa shape index (κ3) is 4.19. The van der Waals surface area contributed by atoms with Crippen LogP contribution in [0.2, 0.25) is 5.02 Å². The minimum absolute atomic E-state index is 0.373. The fourth-order valence-corrected chi connectivity index (χ4v) is 3.92. The van der Waals surface area contributed by atoms with Crippen molar-refractivity contribution in [1.29, 1.82) is 0 Å². The number of aromatic nitrogens is 4. The quantitative estimate of drug-likeness (QED) is 0.530. The van der Waals surface area contributed by atoms with Gasteiger partial charge in [0.2, 0.25) is 0 Å². The molecule has 0 saturated heterocycles. The molecule has 0 spiro atoms. The number of nitrogens with zero attached hydrogens (tertiary/aromatic N) is 4. The third-order valence-electron chi connectivity index (χ3n) is 4.21. The van der Waals surface area contributed by atoms with Crippen LogP contribution in [-0.4, -0.2) is 25.5 Å². The number of benzene rings is 1. The molecule has 0 radical (unpaired) electrons. The number of pyridine rings is 1. The Morgan fingerprint density at radius 3 is 2.69 bits per heavy atom. The van der Waals surface area contributed by atoms with Gasteiger partial charge >= 0.3 is 0 Å². The largest absolute Gasteiger partial charge is 0.484 e. The number of ether oxygens (including phenoxy) is 1. The molecule has 1 aliphatic rings. The van der Waals surface area contributed by atoms with Gasteiger partial charge in [-0.3, -0.25) is 4.98 Å². The SMILES string of the molecule is Clc1ccccc1OCc1nnc(SCCc2ccncc2)n1C1CC1. The maximum Gasteiger partial charge on any atom is 0.191 e. The summed E-state index contributed by atoms with van der Waals surface area (Å²) in [6.07, 6.45) is 6.99. The van der Waals surface area contributed by atoms with Crippen molar-refractivity contribution in [1.82, 2.24) is 19.7 Å². The van der Waals surface area contributed by atoms with Crippen molar-refractivity contribution in [2.75, 3.05) is 5.75 Å². The smallest absolute Gasteiger partial charge is 0.191 e. The summed E-state index contributed by atoms with van der Waals surface area (Å²) < 4.78 is 8.09. The van der Waals surface area contributed by atoms with Crippen LogP contribution < -0.4 is 4.74 Å². The Balaban J connectivity index is 1.41. The first kappa shape index (κ1) is 17.4. The van der Waals surface area contributed by atoms with Gasteiger partial charge in [-0.2, -0.15) is 0 Å². The van der Waals surface area contributed by atoms with Gasteiger partial charge < -0.3 is 9.30 Å². The Morgan fingerprint density at radius 1 is 1.12 bits per heavy atom. The summed E-state index contributed by atoms with van der Waals surface area (Å²) in [5.74, 6) is 2.49. The maximum atomic E-state index is 6.16. The van der Waals surface area contributed by atoms with Crippen LogP contribution >= 0.6 is 23.4 Å². The molecule has 3 aromatic rings. The Morgan fingerprint density at radius 2 is 1.92 bits per heavy atom. The van der Waals surface area contributed by atoms with Gasteiger partial charge in [0, 0.05) is 24.2 Å². The molecule has 1 saturated carbocycles. The number of hydrogen-bond donors (Lipinski definition) is 0. The van der Waals surface area contributed by atoms with E-state index in [1.54, 1.807) is 11.8 Å². The molecule has 26 heavy (non-hydrogen) atoms. The predicted octanol–water partition coefficient (Wildman–Crippen LogP) is 4.58. The topological polar surface area (TPSA) is 52.8 Å². The van der Waals surface area contributed by atoms with Crippen molar-refractivity contribution in [3.63, 3.8) is 0 Å². The van der Waals surface area contributed by atoms with Crippen LogP contribution in [0.25, 0.3) is 0 Å². The molecule has 1 aliphatic carbocycles. The van der Waals surface area contributed by atoms with Crippen LogP contribution in [0, 0.1) is 0 Å². The van der Waals surface area contributed by atoms with E-state index in [0.29, 0.717) is 23.4 Å². The van der Waals surface area contributed by atoms with Gasteiger partial charge in [0.15, 0.2) is 11.0 Å². The van der Waals surface area contributed by atoms with Gasteiger partial charge in [-0.25, -0.2) is 0 Å². The van der Waals surface area contributed by atoms with E-state index in [-0.39, 0.29) is 0 Å². The normalized spacial score (nSPS) is 13.7. The summed E-state index contributed by atoms with van der Waals surface area (Å²) in [7, 11) is 0. The van der Waals surface area contributed by atoms with E-state index in [1.807, 2.05) is 36.7 Å². The average molecular weight is 387 g/mol. The summed E-state index contributed by atoms with van der Waals surface area (Å²) in [6, 6.07) is 12.1. The van der Waals surface area contributed by atoms with Gasteiger partial charge in [0.25, 0.3) is 0 Å². The molecule has 0 bridgehead atoms. The van der Waals surface area contributed by atoms with E-state index in [1.165, 1.54) is 18.4 Å². The molecule has 2 aromatic heterocycles. The molecular weight excluding hydrogens is 368 g/mol. The molecule has 0 N–H and O–H groups in total. The lowest BCUT2D eigenvalue weighted by molar-refractivity contribution is 0.288. The Labute approximate surface area is 161 Å². The first-order valence-electron chi connectivity index (χ1n) is 8.64. The predicted molar refractivity (Wildman–Crippen MR) is 103 cm³/mol. The Bertz CT molecular complexity index is 867. The number of hydrogen-bond acceptors (Lipinski definition) is 5. The molecule has 4 rings (SSSR count). The van der Waals surface area contributed by atoms with E-state index in [4.69, 9.17) is 16.3 Å². The van der Waals surface area contributed by atoms with Gasteiger partial charge in [0.05, 0.1) is 5.02 Å². The highest BCUT2D eigenvalue weighted by atomic mass is 35.5. The van der Waals surface area contributed by atoms with Crippen LogP contribution in [0.5, 0.6) is 5.75 Å². The van der Waals surface area contributed by atoms with Gasteiger partial charge in [0.1, 0.15) is 12.4 Å². The number of aryl methyl sites for hydroxylation is 1. The van der Waals surface area contributed by atoms with Gasteiger partial charge in [-0.1, -0.05) is 35.5 Å². The van der Waals surface area contributed by atoms with E-state index < -0.39 is 0 Å². The minimum atomic E-state index is 0.373. The first-order chi connectivity index (χ1) is 12.8. The van der Waals surface area contributed by atoms with E-state index in [9.17, 15) is 0 Å². The zero-order chi connectivity index (χ0) is 17.8. The van der Waals surface area contributed by atoms with Crippen molar-refractivity contribution >= 4 is 23.4 Å². The van der Waals surface area contributed by atoms with E-state index in [2.05, 4.69) is 31.9 Å². The monoisotopic (exact) mass is 386 g/mol. The maximum absolute atomic E-state index is 6.16. The lowest BCUT2D eigenvalue weighted by Crippen LogP contribution is -2.07. The number of thioether (sulfide) groups is 1. The van der Waals surface area contributed by atoms with Crippen molar-refractivity contribution in [2.45, 2.75) is 37.1 Å². The van der Waals surface area contributed by atoms with Crippen LogP contribution in [0.1, 0.15) is 30.3 Å². The summed E-state index contributed by atoms with van der Waals surface area (Å²) in [4.78, 5) is 4.06. The lowest BCUT2D eigenvalue weighted by Gasteiger charge is -2.10. The van der Waals surface area contributed by atoms with Crippen molar-refractivity contribution in [3.05, 3.63) is 65.2 Å². The molecule has 7 heteroatoms. The number of para-hydroxylation sites is 1. The molecule has 1 aromatic carbocycles. The van der Waals surface area contributed by atoms with Crippen LogP contribution in [-0.2, 0) is 13.0 Å². The van der Waals surface area contributed by atoms with Crippen LogP contribution in [0.15, 0.2) is 53.9 Å². The summed E-state index contributed by atoms with van der Waals surface area (Å²) >= 11 is 7.90. The molecule has 2 heterocycles. The van der Waals surface area contributed by atoms with Crippen molar-refractivity contribution < 1.29 is 4.74 Å². The molecule has 0 amide bonds. The zero-order valence-corrected chi connectivity index (χ0v) is 15.8. The Kier molecular flexibility index (Phi) is 5.41.